The molecule has 4 nitrogen and oxygen atoms in total. The van der Waals surface area contributed by atoms with Crippen molar-refractivity contribution in [1.82, 2.24) is 15.1 Å². The van der Waals surface area contributed by atoms with E-state index in [2.05, 4.69) is 54.7 Å². The van der Waals surface area contributed by atoms with Gasteiger partial charge in [-0.25, -0.2) is 0 Å². The molecule has 1 N–H and O–H groups in total. The zero-order chi connectivity index (χ0) is 14.9. The van der Waals surface area contributed by atoms with Gasteiger partial charge in [-0.3, -0.25) is 4.68 Å². The quantitative estimate of drug-likeness (QED) is 0.923. The maximum atomic E-state index is 4.61. The number of anilines is 1. The van der Waals surface area contributed by atoms with E-state index in [-0.39, 0.29) is 0 Å². The average molecular weight is 278 g/mol. The van der Waals surface area contributed by atoms with Crippen LogP contribution in [-0.2, 0) is 13.6 Å². The summed E-state index contributed by atoms with van der Waals surface area (Å²) in [4.78, 5) is 2.52. The van der Waals surface area contributed by atoms with Gasteiger partial charge in [-0.2, -0.15) is 5.10 Å². The summed E-state index contributed by atoms with van der Waals surface area (Å²) in [6.07, 6.45) is 2.57. The summed E-state index contributed by atoms with van der Waals surface area (Å²) < 4.78 is 2.05. The Hall–Kier alpha value is -1.03. The lowest BCUT2D eigenvalue weighted by atomic mass is 9.75. The van der Waals surface area contributed by atoms with E-state index < -0.39 is 0 Å². The van der Waals surface area contributed by atoms with Crippen molar-refractivity contribution in [3.05, 3.63) is 11.3 Å². The third-order valence-electron chi connectivity index (χ3n) is 4.69. The maximum absolute atomic E-state index is 4.61. The fourth-order valence-electron chi connectivity index (χ4n) is 3.43. The van der Waals surface area contributed by atoms with Crippen LogP contribution in [0.1, 0.15) is 44.9 Å². The third-order valence-corrected chi connectivity index (χ3v) is 4.69. The normalized spacial score (nSPS) is 17.8. The molecule has 0 aromatic carbocycles. The van der Waals surface area contributed by atoms with Crippen LogP contribution in [0, 0.1) is 18.3 Å². The van der Waals surface area contributed by atoms with Gasteiger partial charge in [0.25, 0.3) is 0 Å². The van der Waals surface area contributed by atoms with Crippen LogP contribution >= 0.6 is 0 Å². The molecule has 1 aromatic rings. The maximum Gasteiger partial charge on any atom is 0.131 e. The third kappa shape index (κ3) is 3.00. The number of hydrogen-bond acceptors (Lipinski definition) is 3. The zero-order valence-electron chi connectivity index (χ0n) is 14.0. The number of hydrogen-bond donors (Lipinski definition) is 1. The van der Waals surface area contributed by atoms with Crippen LogP contribution in [0.3, 0.4) is 0 Å². The summed E-state index contributed by atoms with van der Waals surface area (Å²) in [7, 11) is 4.07. The fourth-order valence-corrected chi connectivity index (χ4v) is 3.43. The smallest absolute Gasteiger partial charge is 0.131 e. The first kappa shape index (κ1) is 15.4. The van der Waals surface area contributed by atoms with Crippen LogP contribution in [0.2, 0.25) is 0 Å². The number of aryl methyl sites for hydroxylation is 2. The van der Waals surface area contributed by atoms with E-state index in [0.29, 0.717) is 5.41 Å². The van der Waals surface area contributed by atoms with Crippen LogP contribution in [-0.4, -0.2) is 29.9 Å². The molecule has 0 bridgehead atoms. The molecule has 0 spiro atoms. The molecule has 2 heterocycles. The van der Waals surface area contributed by atoms with E-state index in [1.165, 1.54) is 24.2 Å². The van der Waals surface area contributed by atoms with Crippen molar-refractivity contribution in [1.29, 1.82) is 0 Å². The standard InChI is InChI=1S/C16H30N4/c1-12-14(11-17-5)15(19(6)18-12)20-9-7-13(8-10-20)16(2,3)4/h13,17H,7-11H2,1-6H3. The summed E-state index contributed by atoms with van der Waals surface area (Å²) in [5.74, 6) is 2.14. The minimum Gasteiger partial charge on any atom is -0.357 e. The van der Waals surface area contributed by atoms with Gasteiger partial charge in [0.1, 0.15) is 5.82 Å². The molecule has 1 aromatic heterocycles. The van der Waals surface area contributed by atoms with E-state index in [0.717, 1.165) is 31.2 Å². The Bertz CT molecular complexity index is 448. The van der Waals surface area contributed by atoms with E-state index in [1.807, 2.05) is 7.05 Å². The Morgan fingerprint density at radius 2 is 1.85 bits per heavy atom. The Balaban J connectivity index is 2.15. The predicted molar refractivity (Wildman–Crippen MR) is 85.1 cm³/mol. The average Bonchev–Trinajstić information content (AvgIpc) is 2.64. The van der Waals surface area contributed by atoms with Crippen LogP contribution in [0.4, 0.5) is 5.82 Å². The summed E-state index contributed by atoms with van der Waals surface area (Å²) in [6.45, 7) is 12.4. The molecule has 114 valence electrons. The van der Waals surface area contributed by atoms with Gasteiger partial charge in [0.05, 0.1) is 5.69 Å². The van der Waals surface area contributed by atoms with Gasteiger partial charge in [-0.05, 0) is 38.1 Å². The lowest BCUT2D eigenvalue weighted by molar-refractivity contribution is 0.198. The Kier molecular flexibility index (Phi) is 4.43. The number of aromatic nitrogens is 2. The van der Waals surface area contributed by atoms with Gasteiger partial charge in [0, 0.05) is 32.2 Å². The molecule has 0 radical (unpaired) electrons. The molecule has 1 saturated heterocycles. The highest BCUT2D eigenvalue weighted by Crippen LogP contribution is 2.36. The Morgan fingerprint density at radius 3 is 2.35 bits per heavy atom. The van der Waals surface area contributed by atoms with Crippen LogP contribution in [0.15, 0.2) is 0 Å². The summed E-state index contributed by atoms with van der Waals surface area (Å²) in [5, 5.41) is 7.88. The second-order valence-electron chi connectivity index (χ2n) is 7.17. The van der Waals surface area contributed by atoms with E-state index >= 15 is 0 Å². The van der Waals surface area contributed by atoms with Gasteiger partial charge < -0.3 is 10.2 Å². The van der Waals surface area contributed by atoms with E-state index in [4.69, 9.17) is 0 Å². The molecule has 1 aliphatic rings. The van der Waals surface area contributed by atoms with E-state index in [1.54, 1.807) is 0 Å². The van der Waals surface area contributed by atoms with Crippen LogP contribution in [0.5, 0.6) is 0 Å². The zero-order valence-corrected chi connectivity index (χ0v) is 14.0. The van der Waals surface area contributed by atoms with Gasteiger partial charge in [-0.1, -0.05) is 20.8 Å². The molecular formula is C16H30N4. The van der Waals surface area contributed by atoms with Gasteiger partial charge in [0.15, 0.2) is 0 Å². The van der Waals surface area contributed by atoms with E-state index in [9.17, 15) is 0 Å². The molecule has 0 amide bonds. The van der Waals surface area contributed by atoms with Gasteiger partial charge in [-0.15, -0.1) is 0 Å². The Labute approximate surface area is 123 Å². The highest BCUT2D eigenvalue weighted by molar-refractivity contribution is 5.50. The van der Waals surface area contributed by atoms with Crippen molar-refractivity contribution in [3.63, 3.8) is 0 Å². The summed E-state index contributed by atoms with van der Waals surface area (Å²) in [5.41, 5.74) is 2.93. The molecular weight excluding hydrogens is 248 g/mol. The molecule has 4 heteroatoms. The molecule has 2 rings (SSSR count). The predicted octanol–water partition coefficient (Wildman–Crippen LogP) is 2.71. The van der Waals surface area contributed by atoms with Crippen LogP contribution in [0.25, 0.3) is 0 Å². The lowest BCUT2D eigenvalue weighted by Crippen LogP contribution is -2.39. The Morgan fingerprint density at radius 1 is 1.25 bits per heavy atom. The highest BCUT2D eigenvalue weighted by Gasteiger charge is 2.30. The molecule has 1 fully saturated rings. The number of rotatable bonds is 3. The highest BCUT2D eigenvalue weighted by atomic mass is 15.4. The number of nitrogens with zero attached hydrogens (tertiary/aromatic N) is 3. The largest absolute Gasteiger partial charge is 0.357 e. The van der Waals surface area contributed by atoms with Crippen molar-refractivity contribution in [3.8, 4) is 0 Å². The second kappa shape index (κ2) is 5.76. The first-order valence-electron chi connectivity index (χ1n) is 7.76. The van der Waals surface area contributed by atoms with Gasteiger partial charge >= 0.3 is 0 Å². The number of piperidine rings is 1. The second-order valence-corrected chi connectivity index (χ2v) is 7.17. The lowest BCUT2D eigenvalue weighted by Gasteiger charge is -2.39. The molecule has 20 heavy (non-hydrogen) atoms. The molecule has 1 aliphatic heterocycles. The molecule has 0 saturated carbocycles. The fraction of sp³-hybridized carbons (Fsp3) is 0.812. The minimum absolute atomic E-state index is 0.433. The van der Waals surface area contributed by atoms with Crippen molar-refractivity contribution in [2.75, 3.05) is 25.0 Å². The first-order valence-corrected chi connectivity index (χ1v) is 7.76. The summed E-state index contributed by atoms with van der Waals surface area (Å²) >= 11 is 0. The molecule has 0 atom stereocenters. The molecule has 0 aliphatic carbocycles. The summed E-state index contributed by atoms with van der Waals surface area (Å²) in [6, 6.07) is 0. The van der Waals surface area contributed by atoms with Gasteiger partial charge in [0.2, 0.25) is 0 Å². The molecule has 0 unspecified atom stereocenters. The van der Waals surface area contributed by atoms with Crippen molar-refractivity contribution in [2.24, 2.45) is 18.4 Å². The first-order chi connectivity index (χ1) is 9.34. The van der Waals surface area contributed by atoms with Crippen molar-refractivity contribution in [2.45, 2.75) is 47.1 Å². The number of nitrogens with one attached hydrogen (secondary N) is 1. The van der Waals surface area contributed by atoms with Crippen LogP contribution < -0.4 is 10.2 Å². The van der Waals surface area contributed by atoms with Crippen molar-refractivity contribution < 1.29 is 0 Å². The monoisotopic (exact) mass is 278 g/mol. The topological polar surface area (TPSA) is 33.1 Å². The SMILES string of the molecule is CNCc1c(C)nn(C)c1N1CCC(C(C)(C)C)CC1. The minimum atomic E-state index is 0.433. The van der Waals surface area contributed by atoms with Crippen molar-refractivity contribution >= 4 is 5.82 Å².